The van der Waals surface area contributed by atoms with Crippen molar-refractivity contribution in [3.8, 4) is 17.2 Å². The Hall–Kier alpha value is -3.28. The second-order valence-corrected chi connectivity index (χ2v) is 10.8. The number of carbonyl (C=O) groups is 1. The zero-order valence-corrected chi connectivity index (χ0v) is 22.4. The van der Waals surface area contributed by atoms with E-state index in [-0.39, 0.29) is 28.1 Å². The Kier molecular flexibility index (Phi) is 7.72. The Morgan fingerprint density at radius 1 is 1.17 bits per heavy atom. The number of hydrogen-bond acceptors (Lipinski definition) is 7. The van der Waals surface area contributed by atoms with Crippen LogP contribution in [0.4, 0.5) is 5.69 Å². The molecule has 0 fully saturated rings. The number of anilines is 1. The number of benzene rings is 3. The van der Waals surface area contributed by atoms with Crippen LogP contribution in [0.15, 0.2) is 69.1 Å². The van der Waals surface area contributed by atoms with Crippen LogP contribution in [0.3, 0.4) is 0 Å². The topological polar surface area (TPSA) is 107 Å². The third-order valence-corrected chi connectivity index (χ3v) is 7.89. The molecule has 188 valence electrons. The molecular formula is C24H21BrClN3O6S. The number of sulfonamides is 1. The lowest BCUT2D eigenvalue weighted by atomic mass is 10.2. The number of hydrogen-bond donors (Lipinski definition) is 1. The number of nitrogens with one attached hydrogen (secondary N) is 1. The molecule has 0 bridgehead atoms. The average molecular weight is 595 g/mol. The molecule has 9 nitrogen and oxygen atoms in total. The quantitative estimate of drug-likeness (QED) is 0.304. The van der Waals surface area contributed by atoms with Crippen LogP contribution in [0, 0.1) is 6.92 Å². The van der Waals surface area contributed by atoms with Gasteiger partial charge < -0.3 is 14.2 Å². The summed E-state index contributed by atoms with van der Waals surface area (Å²) >= 11 is 9.57. The molecule has 0 saturated carbocycles. The molecular weight excluding hydrogens is 574 g/mol. The molecule has 1 aliphatic rings. The summed E-state index contributed by atoms with van der Waals surface area (Å²) < 4.78 is 44.8. The number of hydrazone groups is 1. The van der Waals surface area contributed by atoms with Crippen molar-refractivity contribution >= 4 is 55.4 Å². The van der Waals surface area contributed by atoms with E-state index in [1.165, 1.54) is 37.6 Å². The average Bonchev–Trinajstić information content (AvgIpc) is 3.30. The van der Waals surface area contributed by atoms with Gasteiger partial charge in [0.15, 0.2) is 11.5 Å². The summed E-state index contributed by atoms with van der Waals surface area (Å²) in [6, 6.07) is 14.2. The maximum absolute atomic E-state index is 13.6. The van der Waals surface area contributed by atoms with Crippen LogP contribution in [0.25, 0.3) is 0 Å². The Bertz CT molecular complexity index is 1430. The molecule has 0 spiro atoms. The number of amides is 1. The summed E-state index contributed by atoms with van der Waals surface area (Å²) in [7, 11) is -2.76. The summed E-state index contributed by atoms with van der Waals surface area (Å²) in [4.78, 5) is 12.9. The fourth-order valence-corrected chi connectivity index (χ4v) is 5.38. The molecule has 0 aromatic heterocycles. The number of halogens is 2. The van der Waals surface area contributed by atoms with E-state index in [9.17, 15) is 13.2 Å². The highest BCUT2D eigenvalue weighted by molar-refractivity contribution is 9.10. The van der Waals surface area contributed by atoms with Crippen LogP contribution >= 0.6 is 27.5 Å². The van der Waals surface area contributed by atoms with Gasteiger partial charge in [-0.3, -0.25) is 9.10 Å². The van der Waals surface area contributed by atoms with Gasteiger partial charge in [-0.25, -0.2) is 13.8 Å². The Morgan fingerprint density at radius 2 is 1.86 bits per heavy atom. The van der Waals surface area contributed by atoms with Gasteiger partial charge in [-0.1, -0.05) is 29.3 Å². The first-order chi connectivity index (χ1) is 17.2. The van der Waals surface area contributed by atoms with E-state index in [0.717, 1.165) is 9.87 Å². The summed E-state index contributed by atoms with van der Waals surface area (Å²) in [5, 5.41) is 4.25. The lowest BCUT2D eigenvalue weighted by Crippen LogP contribution is -2.39. The molecule has 3 aromatic carbocycles. The first-order valence-electron chi connectivity index (χ1n) is 10.5. The van der Waals surface area contributed by atoms with E-state index in [2.05, 4.69) is 26.5 Å². The molecule has 1 heterocycles. The van der Waals surface area contributed by atoms with Crippen molar-refractivity contribution < 1.29 is 27.4 Å². The van der Waals surface area contributed by atoms with Gasteiger partial charge in [0, 0.05) is 15.1 Å². The van der Waals surface area contributed by atoms with E-state index in [4.69, 9.17) is 25.8 Å². The molecule has 0 unspecified atom stereocenters. The fraction of sp³-hybridized carbons (Fsp3) is 0.167. The van der Waals surface area contributed by atoms with Crippen molar-refractivity contribution in [2.24, 2.45) is 5.10 Å². The molecule has 1 aliphatic heterocycles. The fourth-order valence-electron chi connectivity index (χ4n) is 3.37. The van der Waals surface area contributed by atoms with Crippen LogP contribution in [-0.2, 0) is 14.8 Å². The van der Waals surface area contributed by atoms with Crippen molar-refractivity contribution in [2.45, 2.75) is 11.8 Å². The summed E-state index contributed by atoms with van der Waals surface area (Å²) in [5.41, 5.74) is 4.00. The van der Waals surface area contributed by atoms with Crippen LogP contribution in [0.2, 0.25) is 5.02 Å². The molecule has 36 heavy (non-hydrogen) atoms. The van der Waals surface area contributed by atoms with Gasteiger partial charge >= 0.3 is 0 Å². The maximum Gasteiger partial charge on any atom is 0.264 e. The zero-order chi connectivity index (χ0) is 25.9. The van der Waals surface area contributed by atoms with Gasteiger partial charge in [-0.2, -0.15) is 5.10 Å². The smallest absolute Gasteiger partial charge is 0.264 e. The maximum atomic E-state index is 13.6. The Morgan fingerprint density at radius 3 is 2.56 bits per heavy atom. The van der Waals surface area contributed by atoms with Gasteiger partial charge in [0.05, 0.1) is 23.9 Å². The minimum Gasteiger partial charge on any atom is -0.495 e. The van der Waals surface area contributed by atoms with Crippen molar-refractivity contribution in [3.63, 3.8) is 0 Å². The number of aryl methyl sites for hydroxylation is 1. The summed E-state index contributed by atoms with van der Waals surface area (Å²) in [5.74, 6) is 0.696. The largest absolute Gasteiger partial charge is 0.495 e. The molecule has 0 saturated heterocycles. The number of ether oxygens (including phenoxy) is 3. The first kappa shape index (κ1) is 25.8. The second-order valence-electron chi connectivity index (χ2n) is 7.66. The van der Waals surface area contributed by atoms with Gasteiger partial charge in [-0.05, 0) is 65.3 Å². The van der Waals surface area contributed by atoms with E-state index >= 15 is 0 Å². The highest BCUT2D eigenvalue weighted by atomic mass is 79.9. The monoisotopic (exact) mass is 593 g/mol. The van der Waals surface area contributed by atoms with Crippen molar-refractivity contribution in [3.05, 3.63) is 75.2 Å². The summed E-state index contributed by atoms with van der Waals surface area (Å²) in [6.45, 7) is 1.39. The third kappa shape index (κ3) is 5.58. The van der Waals surface area contributed by atoms with E-state index in [1.54, 1.807) is 30.3 Å². The number of fused-ring (bicyclic) bond motifs is 1. The molecule has 1 amide bonds. The minimum atomic E-state index is -4.16. The van der Waals surface area contributed by atoms with E-state index in [0.29, 0.717) is 21.5 Å². The normalized spacial score (nSPS) is 12.6. The zero-order valence-electron chi connectivity index (χ0n) is 19.2. The Labute approximate surface area is 221 Å². The van der Waals surface area contributed by atoms with Crippen LogP contribution < -0.4 is 23.9 Å². The van der Waals surface area contributed by atoms with Crippen LogP contribution in [0.5, 0.6) is 17.2 Å². The van der Waals surface area contributed by atoms with Crippen molar-refractivity contribution in [1.29, 1.82) is 0 Å². The third-order valence-electron chi connectivity index (χ3n) is 5.19. The predicted octanol–water partition coefficient (Wildman–Crippen LogP) is 4.49. The lowest BCUT2D eigenvalue weighted by molar-refractivity contribution is -0.119. The first-order valence-corrected chi connectivity index (χ1v) is 13.1. The highest BCUT2D eigenvalue weighted by Gasteiger charge is 2.29. The number of nitrogens with zero attached hydrogens (tertiary/aromatic N) is 2. The van der Waals surface area contributed by atoms with Crippen LogP contribution in [0.1, 0.15) is 11.1 Å². The molecule has 1 N–H and O–H groups in total. The van der Waals surface area contributed by atoms with Crippen LogP contribution in [-0.4, -0.2) is 41.0 Å². The highest BCUT2D eigenvalue weighted by Crippen LogP contribution is 2.37. The second kappa shape index (κ2) is 10.8. The number of methoxy groups -OCH3 is 1. The molecule has 3 aromatic rings. The molecule has 0 radical (unpaired) electrons. The predicted molar refractivity (Wildman–Crippen MR) is 140 cm³/mol. The molecule has 12 heteroatoms. The number of rotatable bonds is 8. The standard InChI is InChI=1S/C24H21BrClN3O6S/c1-15-3-6-18(7-4-15)36(31,32)29(20-10-17(26)5-8-21(20)33-2)13-24(30)28-27-12-16-9-22-23(11-19(16)25)35-14-34-22/h3-12H,13-14H2,1-2H3,(H,28,30)/b27-12-. The molecule has 0 aliphatic carbocycles. The SMILES string of the molecule is COc1ccc(Cl)cc1N(CC(=O)N/N=C\c1cc2c(cc1Br)OCO2)S(=O)(=O)c1ccc(C)cc1. The van der Waals surface area contributed by atoms with Crippen molar-refractivity contribution in [1.82, 2.24) is 5.43 Å². The van der Waals surface area contributed by atoms with Gasteiger partial charge in [0.2, 0.25) is 6.79 Å². The summed E-state index contributed by atoms with van der Waals surface area (Å²) in [6.07, 6.45) is 1.41. The van der Waals surface area contributed by atoms with Gasteiger partial charge in [-0.15, -0.1) is 0 Å². The molecule has 0 atom stereocenters. The van der Waals surface area contributed by atoms with Crippen molar-refractivity contribution in [2.75, 3.05) is 24.8 Å². The van der Waals surface area contributed by atoms with E-state index in [1.807, 2.05) is 6.92 Å². The van der Waals surface area contributed by atoms with Gasteiger partial charge in [0.1, 0.15) is 12.3 Å². The van der Waals surface area contributed by atoms with E-state index < -0.39 is 22.5 Å². The number of carbonyl (C=O) groups excluding carboxylic acids is 1. The Balaban J connectivity index is 1.61. The molecule has 4 rings (SSSR count). The lowest BCUT2D eigenvalue weighted by Gasteiger charge is -2.25. The van der Waals surface area contributed by atoms with Gasteiger partial charge in [0.25, 0.3) is 15.9 Å². The minimum absolute atomic E-state index is 0.00993.